The third-order valence-electron chi connectivity index (χ3n) is 2.58. The number of aliphatic hydroxyl groups is 1. The van der Waals surface area contributed by atoms with Gasteiger partial charge in [-0.1, -0.05) is 25.5 Å². The Kier molecular flexibility index (Phi) is 1.86. The fraction of sp³-hybridized carbons (Fsp3) is 0.778. The van der Waals surface area contributed by atoms with E-state index in [4.69, 9.17) is 0 Å². The standard InChI is InChI=1S/C9H16O/c1-7-6-8(10)4-5-9(7,2)3/h6,8,10H,4-5H2,1-3H3. The summed E-state index contributed by atoms with van der Waals surface area (Å²) >= 11 is 0. The van der Waals surface area contributed by atoms with E-state index in [9.17, 15) is 5.11 Å². The van der Waals surface area contributed by atoms with Crippen LogP contribution >= 0.6 is 0 Å². The molecule has 0 saturated carbocycles. The lowest BCUT2D eigenvalue weighted by Crippen LogP contribution is -2.22. The molecule has 0 heterocycles. The Morgan fingerprint density at radius 2 is 2.20 bits per heavy atom. The maximum absolute atomic E-state index is 9.24. The largest absolute Gasteiger partial charge is 0.389 e. The van der Waals surface area contributed by atoms with E-state index in [1.165, 1.54) is 5.57 Å². The van der Waals surface area contributed by atoms with Crippen molar-refractivity contribution in [3.05, 3.63) is 11.6 Å². The van der Waals surface area contributed by atoms with Crippen molar-refractivity contribution in [1.29, 1.82) is 0 Å². The highest BCUT2D eigenvalue weighted by Crippen LogP contribution is 2.35. The molecule has 0 saturated heterocycles. The number of rotatable bonds is 0. The average molecular weight is 140 g/mol. The Labute approximate surface area is 62.8 Å². The molecular formula is C9H16O. The molecule has 0 aromatic heterocycles. The van der Waals surface area contributed by atoms with Crippen molar-refractivity contribution in [2.45, 2.75) is 39.7 Å². The Hall–Kier alpha value is -0.300. The first-order chi connectivity index (χ1) is 4.52. The zero-order chi connectivity index (χ0) is 7.78. The van der Waals surface area contributed by atoms with E-state index in [1.54, 1.807) is 0 Å². The van der Waals surface area contributed by atoms with Crippen molar-refractivity contribution in [3.8, 4) is 0 Å². The van der Waals surface area contributed by atoms with Gasteiger partial charge in [-0.05, 0) is 25.2 Å². The van der Waals surface area contributed by atoms with Crippen molar-refractivity contribution < 1.29 is 5.11 Å². The number of hydrogen-bond acceptors (Lipinski definition) is 1. The third kappa shape index (κ3) is 1.40. The van der Waals surface area contributed by atoms with E-state index in [-0.39, 0.29) is 6.10 Å². The van der Waals surface area contributed by atoms with Gasteiger partial charge in [-0.2, -0.15) is 0 Å². The Morgan fingerprint density at radius 3 is 2.60 bits per heavy atom. The van der Waals surface area contributed by atoms with Gasteiger partial charge in [0.15, 0.2) is 0 Å². The van der Waals surface area contributed by atoms with E-state index in [1.807, 2.05) is 6.08 Å². The summed E-state index contributed by atoms with van der Waals surface area (Å²) < 4.78 is 0. The van der Waals surface area contributed by atoms with E-state index in [0.29, 0.717) is 5.41 Å². The molecule has 58 valence electrons. The molecule has 0 spiro atoms. The minimum Gasteiger partial charge on any atom is -0.389 e. The van der Waals surface area contributed by atoms with Crippen LogP contribution in [0, 0.1) is 5.41 Å². The van der Waals surface area contributed by atoms with Gasteiger partial charge >= 0.3 is 0 Å². The lowest BCUT2D eigenvalue weighted by Gasteiger charge is -2.31. The molecule has 0 fully saturated rings. The molecule has 0 aliphatic heterocycles. The van der Waals surface area contributed by atoms with Crippen molar-refractivity contribution in [2.75, 3.05) is 0 Å². The normalized spacial score (nSPS) is 31.6. The molecule has 1 heteroatoms. The van der Waals surface area contributed by atoms with E-state index < -0.39 is 0 Å². The second-order valence-electron chi connectivity index (χ2n) is 3.84. The molecule has 1 atom stereocenters. The van der Waals surface area contributed by atoms with Crippen LogP contribution in [0.15, 0.2) is 11.6 Å². The van der Waals surface area contributed by atoms with Gasteiger partial charge < -0.3 is 5.11 Å². The highest BCUT2D eigenvalue weighted by molar-refractivity contribution is 5.14. The zero-order valence-electron chi connectivity index (χ0n) is 7.02. The second kappa shape index (κ2) is 2.39. The summed E-state index contributed by atoms with van der Waals surface area (Å²) in [6.45, 7) is 6.55. The molecule has 0 aromatic carbocycles. The van der Waals surface area contributed by atoms with Crippen LogP contribution in [0.4, 0.5) is 0 Å². The molecule has 0 radical (unpaired) electrons. The quantitative estimate of drug-likeness (QED) is 0.511. The fourth-order valence-corrected chi connectivity index (χ4v) is 1.30. The Morgan fingerprint density at radius 1 is 1.60 bits per heavy atom. The Bertz CT molecular complexity index is 156. The van der Waals surface area contributed by atoms with Gasteiger partial charge in [-0.3, -0.25) is 0 Å². The number of hydrogen-bond donors (Lipinski definition) is 1. The maximum Gasteiger partial charge on any atom is 0.0723 e. The summed E-state index contributed by atoms with van der Waals surface area (Å²) in [4.78, 5) is 0. The minimum atomic E-state index is -0.187. The SMILES string of the molecule is CC1=CC(O)CCC1(C)C. The first-order valence-electron chi connectivity index (χ1n) is 3.89. The van der Waals surface area contributed by atoms with Gasteiger partial charge in [0.2, 0.25) is 0 Å². The van der Waals surface area contributed by atoms with Crippen LogP contribution in [-0.4, -0.2) is 11.2 Å². The Balaban J connectivity index is 2.78. The molecule has 1 aliphatic rings. The van der Waals surface area contributed by atoms with E-state index >= 15 is 0 Å². The predicted molar refractivity (Wildman–Crippen MR) is 42.8 cm³/mol. The van der Waals surface area contributed by atoms with Gasteiger partial charge in [0.1, 0.15) is 0 Å². The molecular weight excluding hydrogens is 124 g/mol. The zero-order valence-corrected chi connectivity index (χ0v) is 7.02. The maximum atomic E-state index is 9.24. The molecule has 0 bridgehead atoms. The molecule has 0 aromatic rings. The number of allylic oxidation sites excluding steroid dienone is 1. The molecule has 1 unspecified atom stereocenters. The lowest BCUT2D eigenvalue weighted by atomic mass is 9.76. The lowest BCUT2D eigenvalue weighted by molar-refractivity contribution is 0.174. The van der Waals surface area contributed by atoms with Gasteiger partial charge in [-0.15, -0.1) is 0 Å². The highest BCUT2D eigenvalue weighted by Gasteiger charge is 2.25. The third-order valence-corrected chi connectivity index (χ3v) is 2.58. The molecule has 1 aliphatic carbocycles. The minimum absolute atomic E-state index is 0.187. The van der Waals surface area contributed by atoms with Crippen molar-refractivity contribution in [2.24, 2.45) is 5.41 Å². The van der Waals surface area contributed by atoms with Crippen molar-refractivity contribution in [1.82, 2.24) is 0 Å². The molecule has 0 amide bonds. The van der Waals surface area contributed by atoms with Crippen LogP contribution in [0.2, 0.25) is 0 Å². The summed E-state index contributed by atoms with van der Waals surface area (Å²) in [6, 6.07) is 0. The van der Waals surface area contributed by atoms with Crippen LogP contribution in [0.3, 0.4) is 0 Å². The summed E-state index contributed by atoms with van der Waals surface area (Å²) in [5, 5.41) is 9.24. The fourth-order valence-electron chi connectivity index (χ4n) is 1.30. The topological polar surface area (TPSA) is 20.2 Å². The molecule has 1 rings (SSSR count). The first-order valence-corrected chi connectivity index (χ1v) is 3.89. The van der Waals surface area contributed by atoms with Gasteiger partial charge in [0, 0.05) is 0 Å². The van der Waals surface area contributed by atoms with Gasteiger partial charge in [-0.25, -0.2) is 0 Å². The number of aliphatic hydroxyl groups excluding tert-OH is 1. The van der Waals surface area contributed by atoms with E-state index in [2.05, 4.69) is 20.8 Å². The van der Waals surface area contributed by atoms with Crippen molar-refractivity contribution >= 4 is 0 Å². The molecule has 1 nitrogen and oxygen atoms in total. The first kappa shape index (κ1) is 7.80. The second-order valence-corrected chi connectivity index (χ2v) is 3.84. The van der Waals surface area contributed by atoms with E-state index in [0.717, 1.165) is 12.8 Å². The molecule has 10 heavy (non-hydrogen) atoms. The highest BCUT2D eigenvalue weighted by atomic mass is 16.3. The summed E-state index contributed by atoms with van der Waals surface area (Å²) in [6.07, 6.45) is 3.82. The summed E-state index contributed by atoms with van der Waals surface area (Å²) in [5.74, 6) is 0. The van der Waals surface area contributed by atoms with Gasteiger partial charge in [0.05, 0.1) is 6.10 Å². The van der Waals surface area contributed by atoms with Crippen LogP contribution in [0.5, 0.6) is 0 Å². The molecule has 1 N–H and O–H groups in total. The van der Waals surface area contributed by atoms with Crippen LogP contribution in [0.25, 0.3) is 0 Å². The van der Waals surface area contributed by atoms with Gasteiger partial charge in [0.25, 0.3) is 0 Å². The average Bonchev–Trinajstić information content (AvgIpc) is 1.81. The predicted octanol–water partition coefficient (Wildman–Crippen LogP) is 2.11. The monoisotopic (exact) mass is 140 g/mol. The van der Waals surface area contributed by atoms with Crippen LogP contribution in [0.1, 0.15) is 33.6 Å². The smallest absolute Gasteiger partial charge is 0.0723 e. The van der Waals surface area contributed by atoms with Crippen molar-refractivity contribution in [3.63, 3.8) is 0 Å². The summed E-state index contributed by atoms with van der Waals surface area (Å²) in [7, 11) is 0. The summed E-state index contributed by atoms with van der Waals surface area (Å²) in [5.41, 5.74) is 1.64. The van der Waals surface area contributed by atoms with Crippen LogP contribution < -0.4 is 0 Å². The van der Waals surface area contributed by atoms with Crippen LogP contribution in [-0.2, 0) is 0 Å².